The molecule has 0 unspecified atom stereocenters. The number of phenolic OH excluding ortho intramolecular Hbond substituents is 1. The van der Waals surface area contributed by atoms with Gasteiger partial charge in [0.15, 0.2) is 0 Å². The lowest BCUT2D eigenvalue weighted by atomic mass is 10.1. The maximum Gasteiger partial charge on any atom is 0.131 e. The van der Waals surface area contributed by atoms with Gasteiger partial charge in [0.1, 0.15) is 5.75 Å². The minimum absolute atomic E-state index is 0.207. The number of alkyl halides is 1. The molecule has 1 N–H and O–H groups in total. The van der Waals surface area contributed by atoms with Crippen LogP contribution < -0.4 is 0 Å². The molecule has 0 heterocycles. The quantitative estimate of drug-likeness (QED) is 0.480. The Morgan fingerprint density at radius 2 is 2.25 bits per heavy atom. The van der Waals surface area contributed by atoms with E-state index in [1.165, 1.54) is 0 Å². The zero-order valence-electron chi connectivity index (χ0n) is 6.76. The number of benzene rings is 1. The van der Waals surface area contributed by atoms with E-state index in [2.05, 4.69) is 11.8 Å². The fourth-order valence-corrected chi connectivity index (χ4v) is 0.945. The molecule has 0 aliphatic heterocycles. The Morgan fingerprint density at radius 1 is 1.50 bits per heavy atom. The second kappa shape index (κ2) is 4.04. The van der Waals surface area contributed by atoms with E-state index in [0.29, 0.717) is 5.56 Å². The maximum atomic E-state index is 9.32. The van der Waals surface area contributed by atoms with Crippen LogP contribution in [0.4, 0.5) is 0 Å². The molecular weight excluding hydrogens is 172 g/mol. The molecule has 1 nitrogen and oxygen atoms in total. The summed E-state index contributed by atoms with van der Waals surface area (Å²) < 4.78 is 0. The second-order valence-electron chi connectivity index (χ2n) is 2.46. The molecule has 0 aromatic heterocycles. The largest absolute Gasteiger partial charge is 0.507 e. The minimum Gasteiger partial charge on any atom is -0.507 e. The molecule has 0 atom stereocenters. The molecule has 2 heteroatoms. The average molecular weight is 181 g/mol. The van der Waals surface area contributed by atoms with Crippen LogP contribution in [0.2, 0.25) is 0 Å². The number of phenols is 1. The topological polar surface area (TPSA) is 20.2 Å². The highest BCUT2D eigenvalue weighted by Gasteiger charge is 1.95. The van der Waals surface area contributed by atoms with Gasteiger partial charge in [-0.25, -0.2) is 0 Å². The predicted molar refractivity (Wildman–Crippen MR) is 50.4 cm³/mol. The molecule has 0 aliphatic carbocycles. The van der Waals surface area contributed by atoms with E-state index in [0.717, 1.165) is 5.56 Å². The molecule has 1 aromatic carbocycles. The SMILES string of the molecule is Cc1ccc(O)c(C#CCCl)c1. The van der Waals surface area contributed by atoms with Crippen LogP contribution in [0.1, 0.15) is 11.1 Å². The summed E-state index contributed by atoms with van der Waals surface area (Å²) in [5.41, 5.74) is 1.71. The molecule has 0 bridgehead atoms. The van der Waals surface area contributed by atoms with E-state index < -0.39 is 0 Å². The van der Waals surface area contributed by atoms with Gasteiger partial charge in [-0.1, -0.05) is 17.9 Å². The van der Waals surface area contributed by atoms with Crippen molar-refractivity contribution in [3.05, 3.63) is 29.3 Å². The number of aromatic hydroxyl groups is 1. The first-order valence-corrected chi connectivity index (χ1v) is 4.12. The highest BCUT2D eigenvalue weighted by molar-refractivity contribution is 6.19. The smallest absolute Gasteiger partial charge is 0.131 e. The van der Waals surface area contributed by atoms with E-state index in [9.17, 15) is 5.11 Å². The van der Waals surface area contributed by atoms with Gasteiger partial charge in [0.05, 0.1) is 11.4 Å². The first kappa shape index (κ1) is 8.96. The summed E-state index contributed by atoms with van der Waals surface area (Å²) in [6, 6.07) is 5.30. The summed E-state index contributed by atoms with van der Waals surface area (Å²) in [6.45, 7) is 1.95. The number of aryl methyl sites for hydroxylation is 1. The van der Waals surface area contributed by atoms with Crippen LogP contribution in [-0.4, -0.2) is 11.0 Å². The summed E-state index contributed by atoms with van der Waals surface area (Å²) in [7, 11) is 0. The Morgan fingerprint density at radius 3 is 2.92 bits per heavy atom. The second-order valence-corrected chi connectivity index (χ2v) is 2.72. The molecule has 12 heavy (non-hydrogen) atoms. The fourth-order valence-electron chi connectivity index (χ4n) is 0.879. The Bertz CT molecular complexity index is 333. The molecule has 0 aliphatic rings. The van der Waals surface area contributed by atoms with Crippen LogP contribution in [-0.2, 0) is 0 Å². The molecule has 0 saturated carbocycles. The van der Waals surface area contributed by atoms with Gasteiger partial charge in [0.25, 0.3) is 0 Å². The van der Waals surface area contributed by atoms with E-state index in [1.807, 2.05) is 19.1 Å². The molecule has 0 amide bonds. The highest BCUT2D eigenvalue weighted by Crippen LogP contribution is 2.16. The van der Waals surface area contributed by atoms with Crippen molar-refractivity contribution < 1.29 is 5.11 Å². The molecule has 1 rings (SSSR count). The Hall–Kier alpha value is -1.13. The first-order valence-electron chi connectivity index (χ1n) is 3.58. The third-order valence-electron chi connectivity index (χ3n) is 1.44. The number of hydrogen-bond acceptors (Lipinski definition) is 1. The van der Waals surface area contributed by atoms with Gasteiger partial charge in [0, 0.05) is 0 Å². The van der Waals surface area contributed by atoms with Crippen LogP contribution in [0, 0.1) is 18.8 Å². The van der Waals surface area contributed by atoms with Gasteiger partial charge in [0.2, 0.25) is 0 Å². The van der Waals surface area contributed by atoms with Crippen LogP contribution in [0.25, 0.3) is 0 Å². The van der Waals surface area contributed by atoms with Crippen molar-refractivity contribution >= 4 is 11.6 Å². The van der Waals surface area contributed by atoms with Crippen molar-refractivity contribution in [2.45, 2.75) is 6.92 Å². The number of rotatable bonds is 0. The van der Waals surface area contributed by atoms with Crippen LogP contribution in [0.15, 0.2) is 18.2 Å². The van der Waals surface area contributed by atoms with Crippen molar-refractivity contribution in [1.82, 2.24) is 0 Å². The van der Waals surface area contributed by atoms with Gasteiger partial charge in [-0.15, -0.1) is 11.6 Å². The number of hydrogen-bond donors (Lipinski definition) is 1. The highest BCUT2D eigenvalue weighted by atomic mass is 35.5. The average Bonchev–Trinajstić information content (AvgIpc) is 2.07. The van der Waals surface area contributed by atoms with Crippen molar-refractivity contribution in [1.29, 1.82) is 0 Å². The molecule has 0 saturated heterocycles. The summed E-state index contributed by atoms with van der Waals surface area (Å²) in [5, 5.41) is 9.32. The Kier molecular flexibility index (Phi) is 3.01. The van der Waals surface area contributed by atoms with Gasteiger partial charge >= 0.3 is 0 Å². The third kappa shape index (κ3) is 2.18. The van der Waals surface area contributed by atoms with Crippen LogP contribution in [0.3, 0.4) is 0 Å². The summed E-state index contributed by atoms with van der Waals surface area (Å²) >= 11 is 5.39. The summed E-state index contributed by atoms with van der Waals surface area (Å²) in [4.78, 5) is 0. The van der Waals surface area contributed by atoms with E-state index in [1.54, 1.807) is 6.07 Å². The zero-order chi connectivity index (χ0) is 8.97. The van der Waals surface area contributed by atoms with Gasteiger partial charge in [-0.05, 0) is 24.6 Å². The van der Waals surface area contributed by atoms with E-state index >= 15 is 0 Å². The van der Waals surface area contributed by atoms with Crippen LogP contribution >= 0.6 is 11.6 Å². The molecule has 0 spiro atoms. The lowest BCUT2D eigenvalue weighted by molar-refractivity contribution is 0.473. The molecular formula is C10H9ClO. The van der Waals surface area contributed by atoms with Crippen molar-refractivity contribution in [3.63, 3.8) is 0 Å². The van der Waals surface area contributed by atoms with Gasteiger partial charge < -0.3 is 5.11 Å². The lowest BCUT2D eigenvalue weighted by Crippen LogP contribution is -1.79. The van der Waals surface area contributed by atoms with Crippen molar-refractivity contribution in [2.24, 2.45) is 0 Å². The van der Waals surface area contributed by atoms with E-state index in [4.69, 9.17) is 11.6 Å². The minimum atomic E-state index is 0.207. The fraction of sp³-hybridized carbons (Fsp3) is 0.200. The molecule has 1 aromatic rings. The maximum absolute atomic E-state index is 9.32. The predicted octanol–water partition coefficient (Wildman–Crippen LogP) is 2.29. The Balaban J connectivity index is 3.05. The monoisotopic (exact) mass is 180 g/mol. The third-order valence-corrected chi connectivity index (χ3v) is 1.58. The van der Waals surface area contributed by atoms with Crippen LogP contribution in [0.5, 0.6) is 5.75 Å². The standard InChI is InChI=1S/C10H9ClO/c1-8-4-5-10(12)9(7-8)3-2-6-11/h4-5,7,12H,6H2,1H3. The van der Waals surface area contributed by atoms with Crippen molar-refractivity contribution in [3.8, 4) is 17.6 Å². The van der Waals surface area contributed by atoms with Gasteiger partial charge in [-0.2, -0.15) is 0 Å². The zero-order valence-corrected chi connectivity index (χ0v) is 7.52. The first-order chi connectivity index (χ1) is 5.74. The van der Waals surface area contributed by atoms with Gasteiger partial charge in [-0.3, -0.25) is 0 Å². The molecule has 0 radical (unpaired) electrons. The summed E-state index contributed by atoms with van der Waals surface area (Å²) in [5.74, 6) is 5.95. The lowest BCUT2D eigenvalue weighted by Gasteiger charge is -1.97. The number of halogens is 1. The Labute approximate surface area is 77.0 Å². The molecule has 0 fully saturated rings. The van der Waals surface area contributed by atoms with Crippen molar-refractivity contribution in [2.75, 3.05) is 5.88 Å². The normalized spacial score (nSPS) is 8.83. The summed E-state index contributed by atoms with van der Waals surface area (Å²) in [6.07, 6.45) is 0. The molecule has 62 valence electrons. The van der Waals surface area contributed by atoms with E-state index in [-0.39, 0.29) is 11.6 Å².